The number of halogens is 4. The first-order valence-electron chi connectivity index (χ1n) is 12.1. The average Bonchev–Trinajstić information content (AvgIpc) is 2.92. The minimum Gasteiger partial charge on any atom is -0.497 e. The highest BCUT2D eigenvalue weighted by molar-refractivity contribution is 6.11. The predicted molar refractivity (Wildman–Crippen MR) is 141 cm³/mol. The van der Waals surface area contributed by atoms with Crippen LogP contribution in [0.15, 0.2) is 71.5 Å². The van der Waals surface area contributed by atoms with Crippen LogP contribution in [0, 0.1) is 23.3 Å². The summed E-state index contributed by atoms with van der Waals surface area (Å²) in [5.41, 5.74) is 3.74. The number of nitrogens with one attached hydrogen (secondary N) is 1. The van der Waals surface area contributed by atoms with Crippen molar-refractivity contribution in [3.63, 3.8) is 0 Å². The third-order valence-electron chi connectivity index (χ3n) is 6.31. The monoisotopic (exact) mass is 569 g/mol. The second-order valence-electron chi connectivity index (χ2n) is 8.92. The molecule has 1 heterocycles. The molecular formula is C29H23F4N3O5. The fourth-order valence-electron chi connectivity index (χ4n) is 4.28. The molecule has 0 unspecified atom stereocenters. The number of ketones is 1. The Hall–Kier alpha value is -4.97. The number of pyridine rings is 1. The maximum absolute atomic E-state index is 15.2. The van der Waals surface area contributed by atoms with Crippen LogP contribution in [0.3, 0.4) is 0 Å². The van der Waals surface area contributed by atoms with Gasteiger partial charge in [0.15, 0.2) is 17.4 Å². The molecule has 12 heteroatoms. The van der Waals surface area contributed by atoms with Gasteiger partial charge >= 0.3 is 5.97 Å². The summed E-state index contributed by atoms with van der Waals surface area (Å²) >= 11 is 0. The number of aliphatic carboxylic acids is 1. The third-order valence-corrected chi connectivity index (χ3v) is 6.31. The van der Waals surface area contributed by atoms with Crippen LogP contribution in [0.5, 0.6) is 5.75 Å². The molecule has 0 aliphatic carbocycles. The second-order valence-corrected chi connectivity index (χ2v) is 8.92. The molecule has 0 aliphatic rings. The lowest BCUT2D eigenvalue weighted by Crippen LogP contribution is -2.30. The molecule has 0 spiro atoms. The van der Waals surface area contributed by atoms with Gasteiger partial charge in [0.2, 0.25) is 0 Å². The van der Waals surface area contributed by atoms with E-state index in [9.17, 15) is 28.3 Å². The number of ether oxygens (including phenoxy) is 1. The SMILES string of the molecule is COc1ccc([C@H](NCCc2cc(F)c(-n3c(N)c(C(=O)c4ccc(F)cc4F)ccc3=O)c(F)c2)C(=O)O)cc1. The standard InChI is InChI=1S/C29H23F4N3O5/c1-41-18-5-2-16(3-6-18)25(29(39)40)35-11-10-15-12-22(32)26(23(33)13-15)36-24(37)9-8-20(28(36)34)27(38)19-7-4-17(30)14-21(19)31/h2-9,12-14,25,35H,10-11,34H2,1H3,(H,39,40)/t25-/m0/s1. The smallest absolute Gasteiger partial charge is 0.325 e. The van der Waals surface area contributed by atoms with E-state index in [4.69, 9.17) is 10.5 Å². The van der Waals surface area contributed by atoms with E-state index in [1.807, 2.05) is 0 Å². The zero-order valence-electron chi connectivity index (χ0n) is 21.5. The van der Waals surface area contributed by atoms with Gasteiger partial charge in [0.1, 0.15) is 34.9 Å². The molecule has 212 valence electrons. The number of carboxylic acid groups (broad SMARTS) is 1. The minimum atomic E-state index is -1.18. The van der Waals surface area contributed by atoms with E-state index in [-0.39, 0.29) is 18.5 Å². The Morgan fingerprint density at radius 1 is 0.927 bits per heavy atom. The van der Waals surface area contributed by atoms with E-state index in [2.05, 4.69) is 5.32 Å². The number of nitrogen functional groups attached to an aromatic ring is 1. The third kappa shape index (κ3) is 6.12. The number of nitrogens with zero attached hydrogens (tertiary/aromatic N) is 1. The van der Waals surface area contributed by atoms with E-state index in [1.54, 1.807) is 24.3 Å². The van der Waals surface area contributed by atoms with Crippen LogP contribution in [0.2, 0.25) is 0 Å². The fraction of sp³-hybridized carbons (Fsp3) is 0.138. The lowest BCUT2D eigenvalue weighted by molar-refractivity contribution is -0.139. The van der Waals surface area contributed by atoms with Gasteiger partial charge in [-0.2, -0.15) is 0 Å². The molecule has 1 atom stereocenters. The number of benzene rings is 3. The van der Waals surface area contributed by atoms with Crippen LogP contribution in [-0.4, -0.2) is 35.1 Å². The van der Waals surface area contributed by atoms with Gasteiger partial charge in [-0.25, -0.2) is 17.6 Å². The van der Waals surface area contributed by atoms with Crippen molar-refractivity contribution in [2.75, 3.05) is 19.4 Å². The van der Waals surface area contributed by atoms with Crippen LogP contribution >= 0.6 is 0 Å². The molecule has 4 aromatic rings. The van der Waals surface area contributed by atoms with E-state index in [0.29, 0.717) is 21.9 Å². The summed E-state index contributed by atoms with van der Waals surface area (Å²) in [6.07, 6.45) is 0.0147. The number of hydrogen-bond acceptors (Lipinski definition) is 6. The van der Waals surface area contributed by atoms with Crippen LogP contribution < -0.4 is 21.3 Å². The van der Waals surface area contributed by atoms with Crippen LogP contribution in [0.25, 0.3) is 5.69 Å². The highest BCUT2D eigenvalue weighted by Gasteiger charge is 2.24. The second kappa shape index (κ2) is 12.0. The van der Waals surface area contributed by atoms with Gasteiger partial charge in [0.25, 0.3) is 5.56 Å². The first-order valence-corrected chi connectivity index (χ1v) is 12.1. The maximum atomic E-state index is 15.2. The van der Waals surface area contributed by atoms with Crippen molar-refractivity contribution < 1.29 is 37.0 Å². The van der Waals surface area contributed by atoms with Gasteiger partial charge in [-0.3, -0.25) is 19.0 Å². The number of rotatable bonds is 10. The molecular weight excluding hydrogens is 546 g/mol. The Labute approximate surface area is 230 Å². The van der Waals surface area contributed by atoms with E-state index < -0.39 is 69.3 Å². The number of carbonyl (C=O) groups is 2. The van der Waals surface area contributed by atoms with Gasteiger partial charge in [-0.15, -0.1) is 0 Å². The summed E-state index contributed by atoms with van der Waals surface area (Å²) in [7, 11) is 1.47. The number of aromatic nitrogens is 1. The Balaban J connectivity index is 1.59. The highest BCUT2D eigenvalue weighted by atomic mass is 19.1. The van der Waals surface area contributed by atoms with Gasteiger partial charge in [0.05, 0.1) is 18.2 Å². The first kappa shape index (κ1) is 29.0. The Morgan fingerprint density at radius 2 is 1.56 bits per heavy atom. The summed E-state index contributed by atoms with van der Waals surface area (Å²) in [5.74, 6) is -6.76. The molecule has 0 saturated heterocycles. The minimum absolute atomic E-state index is 0.0147. The Morgan fingerprint density at radius 3 is 2.15 bits per heavy atom. The summed E-state index contributed by atoms with van der Waals surface area (Å²) in [6.45, 7) is 0.0243. The number of methoxy groups -OCH3 is 1. The number of nitrogens with two attached hydrogens (primary N) is 1. The van der Waals surface area contributed by atoms with Crippen molar-refractivity contribution in [2.45, 2.75) is 12.5 Å². The predicted octanol–water partition coefficient (Wildman–Crippen LogP) is 4.17. The fourth-order valence-corrected chi connectivity index (χ4v) is 4.28. The zero-order valence-corrected chi connectivity index (χ0v) is 21.5. The molecule has 0 radical (unpaired) electrons. The van der Waals surface area contributed by atoms with Gasteiger partial charge in [0, 0.05) is 18.7 Å². The van der Waals surface area contributed by atoms with Gasteiger partial charge in [-0.1, -0.05) is 12.1 Å². The topological polar surface area (TPSA) is 124 Å². The van der Waals surface area contributed by atoms with Crippen LogP contribution in [0.4, 0.5) is 23.4 Å². The maximum Gasteiger partial charge on any atom is 0.325 e. The summed E-state index contributed by atoms with van der Waals surface area (Å²) in [4.78, 5) is 37.2. The molecule has 4 rings (SSSR count). The normalized spacial score (nSPS) is 11.7. The molecule has 4 N–H and O–H groups in total. The van der Waals surface area contributed by atoms with E-state index in [1.165, 1.54) is 7.11 Å². The molecule has 0 fully saturated rings. The molecule has 0 saturated carbocycles. The molecule has 0 aliphatic heterocycles. The van der Waals surface area contributed by atoms with Crippen molar-refractivity contribution in [3.8, 4) is 11.4 Å². The number of anilines is 1. The molecule has 1 aromatic heterocycles. The van der Waals surface area contributed by atoms with Gasteiger partial charge in [-0.05, 0) is 60.0 Å². The van der Waals surface area contributed by atoms with Crippen molar-refractivity contribution in [1.29, 1.82) is 0 Å². The van der Waals surface area contributed by atoms with E-state index >= 15 is 8.78 Å². The van der Waals surface area contributed by atoms with Crippen molar-refractivity contribution >= 4 is 17.6 Å². The lowest BCUT2D eigenvalue weighted by Gasteiger charge is -2.17. The highest BCUT2D eigenvalue weighted by Crippen LogP contribution is 2.25. The van der Waals surface area contributed by atoms with Crippen molar-refractivity contribution in [1.82, 2.24) is 9.88 Å². The lowest BCUT2D eigenvalue weighted by atomic mass is 10.0. The molecule has 3 aromatic carbocycles. The quantitative estimate of drug-likeness (QED) is 0.194. The van der Waals surface area contributed by atoms with Gasteiger partial charge < -0.3 is 20.9 Å². The largest absolute Gasteiger partial charge is 0.497 e. The molecule has 8 nitrogen and oxygen atoms in total. The number of carboxylic acids is 1. The molecule has 0 bridgehead atoms. The Kier molecular flexibility index (Phi) is 8.53. The zero-order chi connectivity index (χ0) is 29.8. The number of carbonyl (C=O) groups excluding carboxylic acids is 1. The first-order chi connectivity index (χ1) is 19.5. The van der Waals surface area contributed by atoms with Crippen molar-refractivity contribution in [2.24, 2.45) is 0 Å². The van der Waals surface area contributed by atoms with Crippen LogP contribution in [0.1, 0.15) is 33.1 Å². The summed E-state index contributed by atoms with van der Waals surface area (Å²) < 4.78 is 63.4. The summed E-state index contributed by atoms with van der Waals surface area (Å²) in [6, 6.07) is 11.2. The van der Waals surface area contributed by atoms with Crippen molar-refractivity contribution in [3.05, 3.63) is 123 Å². The number of hydrogen-bond donors (Lipinski definition) is 3. The van der Waals surface area contributed by atoms with E-state index in [0.717, 1.165) is 36.4 Å². The van der Waals surface area contributed by atoms with Crippen LogP contribution in [-0.2, 0) is 11.2 Å². The molecule has 0 amide bonds. The molecule has 41 heavy (non-hydrogen) atoms. The summed E-state index contributed by atoms with van der Waals surface area (Å²) in [5, 5.41) is 12.4. The average molecular weight is 570 g/mol. The Bertz CT molecular complexity index is 1670.